The second-order valence-electron chi connectivity index (χ2n) is 5.97. The maximum absolute atomic E-state index is 12.3. The molecule has 3 nitrogen and oxygen atoms in total. The molecule has 1 N–H and O–H groups in total. The minimum atomic E-state index is -3.35. The van der Waals surface area contributed by atoms with Crippen LogP contribution in [0.2, 0.25) is 0 Å². The van der Waals surface area contributed by atoms with Crippen LogP contribution in [0.15, 0.2) is 48.5 Å². The normalized spacial score (nSPS) is 15.5. The van der Waals surface area contributed by atoms with Crippen LogP contribution in [0.25, 0.3) is 0 Å². The van der Waals surface area contributed by atoms with E-state index in [0.717, 1.165) is 24.0 Å². The summed E-state index contributed by atoms with van der Waals surface area (Å²) < 4.78 is 27.4. The maximum Gasteiger partial charge on any atom is 0.216 e. The van der Waals surface area contributed by atoms with Gasteiger partial charge in [-0.25, -0.2) is 13.1 Å². The van der Waals surface area contributed by atoms with Crippen LogP contribution in [-0.4, -0.2) is 8.42 Å². The summed E-state index contributed by atoms with van der Waals surface area (Å²) in [6, 6.07) is 15.4. The standard InChI is InChI=1S/C18H21NO2S/c1-14(17-11-10-16-8-5-9-18(16)12-17)19-22(20,21)13-15-6-3-2-4-7-15/h2-4,6-7,10-12,14,19H,5,8-9,13H2,1H3. The van der Waals surface area contributed by atoms with E-state index in [2.05, 4.69) is 16.9 Å². The van der Waals surface area contributed by atoms with Crippen LogP contribution in [0, 0.1) is 0 Å². The van der Waals surface area contributed by atoms with Gasteiger partial charge in [-0.15, -0.1) is 0 Å². The molecular formula is C18H21NO2S. The molecule has 0 aliphatic heterocycles. The van der Waals surface area contributed by atoms with Crippen molar-refractivity contribution in [1.29, 1.82) is 0 Å². The zero-order valence-electron chi connectivity index (χ0n) is 12.7. The molecule has 1 unspecified atom stereocenters. The van der Waals surface area contributed by atoms with Gasteiger partial charge in [-0.05, 0) is 48.4 Å². The van der Waals surface area contributed by atoms with E-state index in [1.165, 1.54) is 17.5 Å². The van der Waals surface area contributed by atoms with Crippen LogP contribution in [0.5, 0.6) is 0 Å². The van der Waals surface area contributed by atoms with E-state index in [4.69, 9.17) is 0 Å². The second kappa shape index (κ2) is 6.23. The van der Waals surface area contributed by atoms with Crippen LogP contribution >= 0.6 is 0 Å². The highest BCUT2D eigenvalue weighted by atomic mass is 32.2. The highest BCUT2D eigenvalue weighted by molar-refractivity contribution is 7.88. The first kappa shape index (κ1) is 15.3. The number of sulfonamides is 1. The molecule has 0 spiro atoms. The Kier molecular flexibility index (Phi) is 4.32. The van der Waals surface area contributed by atoms with Crippen molar-refractivity contribution in [1.82, 2.24) is 4.72 Å². The topological polar surface area (TPSA) is 46.2 Å². The predicted octanol–water partition coefficient (Wildman–Crippen LogP) is 3.36. The smallest absolute Gasteiger partial charge is 0.212 e. The van der Waals surface area contributed by atoms with Crippen molar-refractivity contribution in [3.8, 4) is 0 Å². The molecule has 4 heteroatoms. The van der Waals surface area contributed by atoms with Crippen molar-refractivity contribution in [2.45, 2.75) is 38.0 Å². The Hall–Kier alpha value is -1.65. The zero-order valence-corrected chi connectivity index (χ0v) is 13.6. The van der Waals surface area contributed by atoms with Crippen LogP contribution in [-0.2, 0) is 28.6 Å². The van der Waals surface area contributed by atoms with Gasteiger partial charge in [-0.1, -0.05) is 48.5 Å². The van der Waals surface area contributed by atoms with E-state index >= 15 is 0 Å². The van der Waals surface area contributed by atoms with Gasteiger partial charge < -0.3 is 0 Å². The van der Waals surface area contributed by atoms with Crippen LogP contribution in [0.1, 0.15) is 41.6 Å². The first-order valence-electron chi connectivity index (χ1n) is 7.69. The Labute approximate surface area is 132 Å². The molecule has 0 saturated carbocycles. The third-order valence-corrected chi connectivity index (χ3v) is 5.60. The number of nitrogens with one attached hydrogen (secondary N) is 1. The summed E-state index contributed by atoms with van der Waals surface area (Å²) in [6.45, 7) is 1.90. The maximum atomic E-state index is 12.3. The molecule has 0 aromatic heterocycles. The number of rotatable bonds is 5. The first-order valence-corrected chi connectivity index (χ1v) is 9.34. The summed E-state index contributed by atoms with van der Waals surface area (Å²) in [6.07, 6.45) is 3.45. The molecule has 1 aliphatic rings. The summed E-state index contributed by atoms with van der Waals surface area (Å²) in [7, 11) is -3.35. The van der Waals surface area contributed by atoms with E-state index in [1.807, 2.05) is 43.3 Å². The van der Waals surface area contributed by atoms with Crippen LogP contribution in [0.4, 0.5) is 0 Å². The van der Waals surface area contributed by atoms with Gasteiger partial charge >= 0.3 is 0 Å². The minimum absolute atomic E-state index is 0.0170. The molecule has 0 bridgehead atoms. The van der Waals surface area contributed by atoms with Crippen molar-refractivity contribution in [2.75, 3.05) is 0 Å². The number of hydrogen-bond donors (Lipinski definition) is 1. The Morgan fingerprint density at radius 1 is 1.05 bits per heavy atom. The van der Waals surface area contributed by atoms with Gasteiger partial charge in [0, 0.05) is 6.04 Å². The van der Waals surface area contributed by atoms with Crippen molar-refractivity contribution in [2.24, 2.45) is 0 Å². The van der Waals surface area contributed by atoms with Gasteiger partial charge in [0.15, 0.2) is 0 Å². The van der Waals surface area contributed by atoms with Crippen molar-refractivity contribution in [3.63, 3.8) is 0 Å². The largest absolute Gasteiger partial charge is 0.216 e. The Morgan fingerprint density at radius 3 is 2.55 bits per heavy atom. The van der Waals surface area contributed by atoms with Gasteiger partial charge in [0.05, 0.1) is 5.75 Å². The molecule has 3 rings (SSSR count). The third-order valence-electron chi connectivity index (χ3n) is 4.18. The highest BCUT2D eigenvalue weighted by Crippen LogP contribution is 2.25. The molecule has 2 aromatic rings. The molecule has 0 radical (unpaired) electrons. The third kappa shape index (κ3) is 3.57. The van der Waals surface area contributed by atoms with E-state index in [0.29, 0.717) is 0 Å². The molecule has 116 valence electrons. The molecule has 1 atom stereocenters. The van der Waals surface area contributed by atoms with Gasteiger partial charge in [-0.2, -0.15) is 0 Å². The van der Waals surface area contributed by atoms with Crippen LogP contribution in [0.3, 0.4) is 0 Å². The lowest BCUT2D eigenvalue weighted by Gasteiger charge is -2.16. The summed E-state index contributed by atoms with van der Waals surface area (Å²) in [4.78, 5) is 0. The lowest BCUT2D eigenvalue weighted by Crippen LogP contribution is -2.28. The fraction of sp³-hybridized carbons (Fsp3) is 0.333. The Balaban J connectivity index is 1.71. The van der Waals surface area contributed by atoms with Crippen molar-refractivity contribution in [3.05, 3.63) is 70.8 Å². The highest BCUT2D eigenvalue weighted by Gasteiger charge is 2.18. The molecule has 1 aliphatic carbocycles. The minimum Gasteiger partial charge on any atom is -0.212 e. The average Bonchev–Trinajstić information content (AvgIpc) is 2.94. The van der Waals surface area contributed by atoms with Crippen molar-refractivity contribution >= 4 is 10.0 Å². The van der Waals surface area contributed by atoms with E-state index in [9.17, 15) is 8.42 Å². The van der Waals surface area contributed by atoms with E-state index in [1.54, 1.807) is 0 Å². The van der Waals surface area contributed by atoms with E-state index < -0.39 is 10.0 Å². The molecule has 0 amide bonds. The summed E-state index contributed by atoms with van der Waals surface area (Å²) >= 11 is 0. The molecular weight excluding hydrogens is 294 g/mol. The number of benzene rings is 2. The molecule has 0 fully saturated rings. The van der Waals surface area contributed by atoms with Crippen molar-refractivity contribution < 1.29 is 8.42 Å². The van der Waals surface area contributed by atoms with Gasteiger partial charge in [0.25, 0.3) is 0 Å². The second-order valence-corrected chi connectivity index (χ2v) is 7.72. The average molecular weight is 315 g/mol. The summed E-state index contributed by atoms with van der Waals surface area (Å²) in [5.41, 5.74) is 4.61. The van der Waals surface area contributed by atoms with Gasteiger partial charge in [-0.3, -0.25) is 0 Å². The fourth-order valence-corrected chi connectivity index (χ4v) is 4.42. The molecule has 0 saturated heterocycles. The number of fused-ring (bicyclic) bond motifs is 1. The lowest BCUT2D eigenvalue weighted by molar-refractivity contribution is 0.566. The fourth-order valence-electron chi connectivity index (χ4n) is 3.03. The van der Waals surface area contributed by atoms with Crippen LogP contribution < -0.4 is 4.72 Å². The Morgan fingerprint density at radius 2 is 1.77 bits per heavy atom. The zero-order chi connectivity index (χ0) is 15.6. The molecule has 2 aromatic carbocycles. The summed E-state index contributed by atoms with van der Waals surface area (Å²) in [5.74, 6) is 0.0170. The number of hydrogen-bond acceptors (Lipinski definition) is 2. The van der Waals surface area contributed by atoms with E-state index in [-0.39, 0.29) is 11.8 Å². The van der Waals surface area contributed by atoms with Gasteiger partial charge in [0.2, 0.25) is 10.0 Å². The number of aryl methyl sites for hydroxylation is 2. The first-order chi connectivity index (χ1) is 10.5. The lowest BCUT2D eigenvalue weighted by atomic mass is 10.0. The van der Waals surface area contributed by atoms with Gasteiger partial charge in [0.1, 0.15) is 0 Å². The predicted molar refractivity (Wildman–Crippen MR) is 89.1 cm³/mol. The summed E-state index contributed by atoms with van der Waals surface area (Å²) in [5, 5.41) is 0. The SMILES string of the molecule is CC(NS(=O)(=O)Cc1ccccc1)c1ccc2c(c1)CCC2. The molecule has 0 heterocycles. The molecule has 22 heavy (non-hydrogen) atoms. The Bertz CT molecular complexity index is 754. The monoisotopic (exact) mass is 315 g/mol. The quantitative estimate of drug-likeness (QED) is 0.919.